The van der Waals surface area contributed by atoms with E-state index in [0.717, 1.165) is 52.1 Å². The molecule has 8 nitrogen and oxygen atoms in total. The maximum absolute atomic E-state index is 13.3. The Bertz CT molecular complexity index is 1660. The first-order chi connectivity index (χ1) is 17.1. The predicted molar refractivity (Wildman–Crippen MR) is 134 cm³/mol. The van der Waals surface area contributed by atoms with Crippen molar-refractivity contribution in [2.24, 2.45) is 0 Å². The van der Waals surface area contributed by atoms with Gasteiger partial charge in [0.05, 0.1) is 16.6 Å². The lowest BCUT2D eigenvalue weighted by atomic mass is 10.1. The third-order valence-electron chi connectivity index (χ3n) is 6.73. The largest absolute Gasteiger partial charge is 0.484 e. The number of fused-ring (bicyclic) bond motifs is 5. The van der Waals surface area contributed by atoms with E-state index in [1.54, 1.807) is 16.7 Å². The van der Waals surface area contributed by atoms with Gasteiger partial charge in [-0.05, 0) is 43.2 Å². The van der Waals surface area contributed by atoms with E-state index >= 15 is 0 Å². The van der Waals surface area contributed by atoms with Crippen molar-refractivity contribution in [2.45, 2.75) is 19.3 Å². The SMILES string of the molecule is O=C(COc1ccc2c(c1)c1ccnc3c4ccccc4c(=O)n2c13)NCCCN1CCCC1=O. The summed E-state index contributed by atoms with van der Waals surface area (Å²) in [5, 5.41) is 6.10. The molecule has 2 amide bonds. The first-order valence-electron chi connectivity index (χ1n) is 11.9. The highest BCUT2D eigenvalue weighted by Crippen LogP contribution is 2.34. The maximum atomic E-state index is 13.3. The van der Waals surface area contributed by atoms with Crippen LogP contribution in [-0.2, 0) is 9.59 Å². The zero-order chi connectivity index (χ0) is 23.9. The lowest BCUT2D eigenvalue weighted by Gasteiger charge is -2.15. The predicted octanol–water partition coefficient (Wildman–Crippen LogP) is 3.10. The number of carbonyl (C=O) groups is 2. The maximum Gasteiger partial charge on any atom is 0.263 e. The minimum Gasteiger partial charge on any atom is -0.484 e. The van der Waals surface area contributed by atoms with E-state index in [1.165, 1.54) is 0 Å². The Morgan fingerprint density at radius 1 is 1.03 bits per heavy atom. The van der Waals surface area contributed by atoms with Crippen molar-refractivity contribution in [3.05, 3.63) is 65.1 Å². The molecular weight excluding hydrogens is 444 g/mol. The van der Waals surface area contributed by atoms with Crippen LogP contribution >= 0.6 is 0 Å². The molecule has 1 aliphatic heterocycles. The Kier molecular flexibility index (Phi) is 5.21. The van der Waals surface area contributed by atoms with E-state index in [2.05, 4.69) is 10.3 Å². The van der Waals surface area contributed by atoms with Crippen LogP contribution in [0.25, 0.3) is 38.1 Å². The molecule has 5 aromatic rings. The molecule has 176 valence electrons. The standard InChI is InChI=1S/C27H24N4O4/c32-23(28-11-4-14-30-13-3-7-24(30)33)16-35-17-8-9-22-21(15-17)19-10-12-29-25-18-5-1-2-6-20(18)27(34)31(22)26(19)25/h1-2,5-6,8-10,12,15H,3-4,7,11,13-14,16H2,(H,28,32). The number of pyridine rings is 2. The topological polar surface area (TPSA) is 93.0 Å². The fraction of sp³-hybridized carbons (Fsp3) is 0.259. The third-order valence-corrected chi connectivity index (χ3v) is 6.73. The van der Waals surface area contributed by atoms with Crippen LogP contribution in [-0.4, -0.2) is 52.3 Å². The first-order valence-corrected chi connectivity index (χ1v) is 11.9. The van der Waals surface area contributed by atoms with Crippen LogP contribution in [0.15, 0.2) is 59.5 Å². The molecule has 0 radical (unpaired) electrons. The van der Waals surface area contributed by atoms with Gasteiger partial charge in [0.25, 0.3) is 11.5 Å². The summed E-state index contributed by atoms with van der Waals surface area (Å²) >= 11 is 0. The number of hydrogen-bond acceptors (Lipinski definition) is 5. The summed E-state index contributed by atoms with van der Waals surface area (Å²) < 4.78 is 7.48. The number of nitrogens with zero attached hydrogens (tertiary/aromatic N) is 3. The van der Waals surface area contributed by atoms with Gasteiger partial charge < -0.3 is 15.0 Å². The summed E-state index contributed by atoms with van der Waals surface area (Å²) in [6, 6.07) is 14.9. The molecule has 1 N–H and O–H groups in total. The highest BCUT2D eigenvalue weighted by Gasteiger charge is 2.20. The fourth-order valence-corrected chi connectivity index (χ4v) is 5.08. The van der Waals surface area contributed by atoms with E-state index in [-0.39, 0.29) is 24.0 Å². The second-order valence-electron chi connectivity index (χ2n) is 8.90. The van der Waals surface area contributed by atoms with Gasteiger partial charge in [0.2, 0.25) is 5.91 Å². The minimum atomic E-state index is -0.213. The van der Waals surface area contributed by atoms with Crippen LogP contribution in [0.4, 0.5) is 0 Å². The Labute approximate surface area is 200 Å². The average molecular weight is 469 g/mol. The molecule has 1 saturated heterocycles. The van der Waals surface area contributed by atoms with Gasteiger partial charge in [-0.3, -0.25) is 23.8 Å². The van der Waals surface area contributed by atoms with Gasteiger partial charge in [-0.2, -0.15) is 0 Å². The van der Waals surface area contributed by atoms with E-state index in [1.807, 2.05) is 47.4 Å². The zero-order valence-electron chi connectivity index (χ0n) is 19.1. The van der Waals surface area contributed by atoms with Crippen LogP contribution < -0.4 is 15.6 Å². The van der Waals surface area contributed by atoms with E-state index in [0.29, 0.717) is 30.6 Å². The van der Waals surface area contributed by atoms with Crippen molar-refractivity contribution in [1.29, 1.82) is 0 Å². The van der Waals surface area contributed by atoms with Crippen LogP contribution in [0.2, 0.25) is 0 Å². The highest BCUT2D eigenvalue weighted by atomic mass is 16.5. The minimum absolute atomic E-state index is 0.0789. The van der Waals surface area contributed by atoms with Crippen molar-refractivity contribution in [1.82, 2.24) is 19.6 Å². The number of benzene rings is 2. The van der Waals surface area contributed by atoms with Crippen molar-refractivity contribution < 1.29 is 14.3 Å². The number of rotatable bonds is 7. The summed E-state index contributed by atoms with van der Waals surface area (Å²) in [7, 11) is 0. The molecule has 0 aliphatic carbocycles. The fourth-order valence-electron chi connectivity index (χ4n) is 5.08. The molecule has 2 aromatic carbocycles. The summed E-state index contributed by atoms with van der Waals surface area (Å²) in [5.41, 5.74) is 2.27. The average Bonchev–Trinajstić information content (AvgIpc) is 3.45. The highest BCUT2D eigenvalue weighted by molar-refractivity contribution is 6.18. The second kappa shape index (κ2) is 8.54. The van der Waals surface area contributed by atoms with Gasteiger partial charge >= 0.3 is 0 Å². The van der Waals surface area contributed by atoms with Gasteiger partial charge in [0, 0.05) is 53.8 Å². The quantitative estimate of drug-likeness (QED) is 0.293. The molecule has 35 heavy (non-hydrogen) atoms. The monoisotopic (exact) mass is 468 g/mol. The number of ether oxygens (including phenoxy) is 1. The van der Waals surface area contributed by atoms with Crippen LogP contribution in [0.5, 0.6) is 5.75 Å². The molecule has 0 atom stereocenters. The molecule has 1 fully saturated rings. The van der Waals surface area contributed by atoms with Gasteiger partial charge in [-0.1, -0.05) is 18.2 Å². The Balaban J connectivity index is 1.22. The summed E-state index contributed by atoms with van der Waals surface area (Å²) in [6.45, 7) is 1.87. The normalized spacial score (nSPS) is 14.1. The lowest BCUT2D eigenvalue weighted by Crippen LogP contribution is -2.33. The second-order valence-corrected chi connectivity index (χ2v) is 8.90. The van der Waals surface area contributed by atoms with Crippen molar-refractivity contribution >= 4 is 49.9 Å². The Hall–Kier alpha value is -4.20. The molecule has 0 saturated carbocycles. The van der Waals surface area contributed by atoms with E-state index < -0.39 is 0 Å². The molecule has 8 heteroatoms. The van der Waals surface area contributed by atoms with Crippen molar-refractivity contribution in [3.63, 3.8) is 0 Å². The number of nitrogens with one attached hydrogen (secondary N) is 1. The molecule has 6 rings (SSSR count). The smallest absolute Gasteiger partial charge is 0.263 e. The molecule has 0 unspecified atom stereocenters. The Morgan fingerprint density at radius 3 is 2.71 bits per heavy atom. The van der Waals surface area contributed by atoms with Crippen LogP contribution in [0, 0.1) is 0 Å². The van der Waals surface area contributed by atoms with E-state index in [9.17, 15) is 14.4 Å². The number of hydrogen-bond donors (Lipinski definition) is 1. The van der Waals surface area contributed by atoms with Crippen LogP contribution in [0.1, 0.15) is 19.3 Å². The van der Waals surface area contributed by atoms with Crippen molar-refractivity contribution in [3.8, 4) is 5.75 Å². The van der Waals surface area contributed by atoms with Gasteiger partial charge in [-0.15, -0.1) is 0 Å². The van der Waals surface area contributed by atoms with Gasteiger partial charge in [0.1, 0.15) is 5.75 Å². The zero-order valence-corrected chi connectivity index (χ0v) is 19.1. The molecular formula is C27H24N4O4. The van der Waals surface area contributed by atoms with Gasteiger partial charge in [-0.25, -0.2) is 0 Å². The molecule has 1 aliphatic rings. The lowest BCUT2D eigenvalue weighted by molar-refractivity contribution is -0.127. The molecule has 4 heterocycles. The van der Waals surface area contributed by atoms with Crippen LogP contribution in [0.3, 0.4) is 0 Å². The summed E-state index contributed by atoms with van der Waals surface area (Å²) in [6.07, 6.45) is 4.02. The number of amides is 2. The van der Waals surface area contributed by atoms with Gasteiger partial charge in [0.15, 0.2) is 6.61 Å². The summed E-state index contributed by atoms with van der Waals surface area (Å²) in [4.78, 5) is 43.6. The first kappa shape index (κ1) is 21.3. The molecule has 0 bridgehead atoms. The van der Waals surface area contributed by atoms with Crippen molar-refractivity contribution in [2.75, 3.05) is 26.2 Å². The third kappa shape index (κ3) is 3.62. The number of aromatic nitrogens is 2. The van der Waals surface area contributed by atoms with E-state index in [4.69, 9.17) is 4.74 Å². The Morgan fingerprint density at radius 2 is 1.89 bits per heavy atom. The number of likely N-dealkylation sites (tertiary alicyclic amines) is 1. The number of carbonyl (C=O) groups excluding carboxylic acids is 2. The summed E-state index contributed by atoms with van der Waals surface area (Å²) in [5.74, 6) is 0.535. The molecule has 3 aromatic heterocycles. The molecule has 0 spiro atoms.